The van der Waals surface area contributed by atoms with Crippen LogP contribution in [0.25, 0.3) is 0 Å². The number of aryl methyl sites for hydroxylation is 1. The Morgan fingerprint density at radius 1 is 1.31 bits per heavy atom. The largest absolute Gasteiger partial charge is 0.394 e. The standard InChI is InChI=1S/C11H14O2/c1-2-8-3-5-9(6-4-8)11-10(7-12)13-11/h3-6,10-12H,2,7H2,1H3. The Labute approximate surface area is 78.2 Å². The third-order valence-electron chi connectivity index (χ3n) is 2.48. The van der Waals surface area contributed by atoms with Gasteiger partial charge in [0.2, 0.25) is 0 Å². The normalized spacial score (nSPS) is 26.0. The molecule has 1 N–H and O–H groups in total. The Balaban J connectivity index is 2.07. The number of rotatable bonds is 3. The Kier molecular flexibility index (Phi) is 2.34. The van der Waals surface area contributed by atoms with Gasteiger partial charge < -0.3 is 9.84 Å². The fraction of sp³-hybridized carbons (Fsp3) is 0.455. The first kappa shape index (κ1) is 8.73. The number of ether oxygens (including phenoxy) is 1. The lowest BCUT2D eigenvalue weighted by Crippen LogP contribution is -1.94. The molecule has 1 saturated heterocycles. The van der Waals surface area contributed by atoms with Crippen molar-refractivity contribution in [3.05, 3.63) is 35.4 Å². The molecule has 1 heterocycles. The van der Waals surface area contributed by atoms with E-state index in [0.717, 1.165) is 6.42 Å². The Morgan fingerprint density at radius 2 is 2.00 bits per heavy atom. The molecular formula is C11H14O2. The number of benzene rings is 1. The van der Waals surface area contributed by atoms with Crippen molar-refractivity contribution in [3.63, 3.8) is 0 Å². The summed E-state index contributed by atoms with van der Waals surface area (Å²) in [6, 6.07) is 8.40. The first-order chi connectivity index (χ1) is 6.35. The van der Waals surface area contributed by atoms with Crippen LogP contribution in [0.1, 0.15) is 24.2 Å². The highest BCUT2D eigenvalue weighted by atomic mass is 16.6. The van der Waals surface area contributed by atoms with Gasteiger partial charge in [-0.15, -0.1) is 0 Å². The maximum absolute atomic E-state index is 8.81. The smallest absolute Gasteiger partial charge is 0.112 e. The molecule has 0 amide bonds. The molecule has 0 spiro atoms. The average molecular weight is 178 g/mol. The van der Waals surface area contributed by atoms with Crippen molar-refractivity contribution in [1.82, 2.24) is 0 Å². The van der Waals surface area contributed by atoms with E-state index in [0.29, 0.717) is 0 Å². The molecule has 0 saturated carbocycles. The van der Waals surface area contributed by atoms with Gasteiger partial charge in [-0.25, -0.2) is 0 Å². The quantitative estimate of drug-likeness (QED) is 0.714. The molecule has 13 heavy (non-hydrogen) atoms. The van der Waals surface area contributed by atoms with E-state index in [-0.39, 0.29) is 18.8 Å². The molecule has 1 aromatic carbocycles. The van der Waals surface area contributed by atoms with Crippen LogP contribution in [-0.4, -0.2) is 17.8 Å². The van der Waals surface area contributed by atoms with Gasteiger partial charge in [-0.05, 0) is 17.5 Å². The lowest BCUT2D eigenvalue weighted by Gasteiger charge is -1.98. The summed E-state index contributed by atoms with van der Waals surface area (Å²) < 4.78 is 5.28. The molecule has 2 rings (SSSR count). The first-order valence-corrected chi connectivity index (χ1v) is 4.70. The Bertz CT molecular complexity index is 279. The molecule has 1 aliphatic rings. The van der Waals surface area contributed by atoms with Gasteiger partial charge in [0.05, 0.1) is 6.61 Å². The Morgan fingerprint density at radius 3 is 2.46 bits per heavy atom. The predicted octanol–water partition coefficient (Wildman–Crippen LogP) is 1.68. The summed E-state index contributed by atoms with van der Waals surface area (Å²) >= 11 is 0. The lowest BCUT2D eigenvalue weighted by molar-refractivity contribution is 0.242. The summed E-state index contributed by atoms with van der Waals surface area (Å²) in [5.41, 5.74) is 2.51. The second kappa shape index (κ2) is 3.48. The third-order valence-corrected chi connectivity index (χ3v) is 2.48. The molecule has 0 aromatic heterocycles. The van der Waals surface area contributed by atoms with Gasteiger partial charge in [-0.2, -0.15) is 0 Å². The van der Waals surface area contributed by atoms with Crippen LogP contribution in [0.15, 0.2) is 24.3 Å². The number of aliphatic hydroxyl groups is 1. The lowest BCUT2D eigenvalue weighted by atomic mass is 10.1. The SMILES string of the molecule is CCc1ccc(C2OC2CO)cc1. The van der Waals surface area contributed by atoms with E-state index in [1.165, 1.54) is 11.1 Å². The molecule has 2 nitrogen and oxygen atoms in total. The van der Waals surface area contributed by atoms with Gasteiger partial charge in [0, 0.05) is 0 Å². The van der Waals surface area contributed by atoms with Crippen LogP contribution in [0, 0.1) is 0 Å². The van der Waals surface area contributed by atoms with E-state index in [9.17, 15) is 0 Å². The third kappa shape index (κ3) is 1.74. The summed E-state index contributed by atoms with van der Waals surface area (Å²) in [7, 11) is 0. The highest BCUT2D eigenvalue weighted by Crippen LogP contribution is 2.38. The fourth-order valence-corrected chi connectivity index (χ4v) is 1.52. The van der Waals surface area contributed by atoms with Crippen LogP contribution >= 0.6 is 0 Å². The van der Waals surface area contributed by atoms with E-state index >= 15 is 0 Å². The molecule has 1 aromatic rings. The molecule has 2 unspecified atom stereocenters. The summed E-state index contributed by atoms with van der Waals surface area (Å²) in [6.07, 6.45) is 1.23. The van der Waals surface area contributed by atoms with Gasteiger partial charge in [0.25, 0.3) is 0 Å². The van der Waals surface area contributed by atoms with Crippen LogP contribution in [0.3, 0.4) is 0 Å². The van der Waals surface area contributed by atoms with E-state index < -0.39 is 0 Å². The minimum atomic E-state index is 0.0347. The van der Waals surface area contributed by atoms with Crippen molar-refractivity contribution in [2.24, 2.45) is 0 Å². The fourth-order valence-electron chi connectivity index (χ4n) is 1.52. The monoisotopic (exact) mass is 178 g/mol. The second-order valence-corrected chi connectivity index (χ2v) is 3.37. The molecule has 0 bridgehead atoms. The summed E-state index contributed by atoms with van der Waals surface area (Å²) in [6.45, 7) is 2.26. The van der Waals surface area contributed by atoms with Crippen LogP contribution in [-0.2, 0) is 11.2 Å². The van der Waals surface area contributed by atoms with E-state index in [4.69, 9.17) is 9.84 Å². The summed E-state index contributed by atoms with van der Waals surface area (Å²) in [5.74, 6) is 0. The average Bonchev–Trinajstić information content (AvgIpc) is 2.97. The number of epoxide rings is 1. The van der Waals surface area contributed by atoms with Gasteiger partial charge in [0.1, 0.15) is 12.2 Å². The van der Waals surface area contributed by atoms with Crippen LogP contribution in [0.2, 0.25) is 0 Å². The van der Waals surface area contributed by atoms with Crippen molar-refractivity contribution in [2.45, 2.75) is 25.6 Å². The number of aliphatic hydroxyl groups excluding tert-OH is 1. The minimum Gasteiger partial charge on any atom is -0.394 e. The highest BCUT2D eigenvalue weighted by molar-refractivity contribution is 5.27. The molecule has 0 aliphatic carbocycles. The van der Waals surface area contributed by atoms with Crippen LogP contribution in [0.5, 0.6) is 0 Å². The van der Waals surface area contributed by atoms with Crippen molar-refractivity contribution >= 4 is 0 Å². The topological polar surface area (TPSA) is 32.8 Å². The van der Waals surface area contributed by atoms with Gasteiger partial charge in [0.15, 0.2) is 0 Å². The van der Waals surface area contributed by atoms with Crippen molar-refractivity contribution < 1.29 is 9.84 Å². The zero-order valence-electron chi connectivity index (χ0n) is 7.73. The van der Waals surface area contributed by atoms with E-state index in [2.05, 4.69) is 31.2 Å². The van der Waals surface area contributed by atoms with E-state index in [1.54, 1.807) is 0 Å². The maximum atomic E-state index is 8.81. The molecular weight excluding hydrogens is 164 g/mol. The van der Waals surface area contributed by atoms with Crippen LogP contribution < -0.4 is 0 Å². The zero-order valence-corrected chi connectivity index (χ0v) is 7.73. The van der Waals surface area contributed by atoms with Gasteiger partial charge in [-0.3, -0.25) is 0 Å². The first-order valence-electron chi connectivity index (χ1n) is 4.70. The predicted molar refractivity (Wildman–Crippen MR) is 50.5 cm³/mol. The minimum absolute atomic E-state index is 0.0347. The summed E-state index contributed by atoms with van der Waals surface area (Å²) in [4.78, 5) is 0. The number of hydrogen-bond acceptors (Lipinski definition) is 2. The van der Waals surface area contributed by atoms with E-state index in [1.807, 2.05) is 0 Å². The van der Waals surface area contributed by atoms with Crippen molar-refractivity contribution in [2.75, 3.05) is 6.61 Å². The van der Waals surface area contributed by atoms with Crippen molar-refractivity contribution in [3.8, 4) is 0 Å². The summed E-state index contributed by atoms with van der Waals surface area (Å²) in [5, 5.41) is 8.81. The molecule has 0 radical (unpaired) electrons. The zero-order chi connectivity index (χ0) is 9.26. The van der Waals surface area contributed by atoms with Gasteiger partial charge >= 0.3 is 0 Å². The highest BCUT2D eigenvalue weighted by Gasteiger charge is 2.39. The molecule has 2 atom stereocenters. The van der Waals surface area contributed by atoms with Crippen molar-refractivity contribution in [1.29, 1.82) is 0 Å². The maximum Gasteiger partial charge on any atom is 0.112 e. The number of hydrogen-bond donors (Lipinski definition) is 1. The molecule has 1 aliphatic heterocycles. The molecule has 1 fully saturated rings. The Hall–Kier alpha value is -0.860. The van der Waals surface area contributed by atoms with Gasteiger partial charge in [-0.1, -0.05) is 31.2 Å². The van der Waals surface area contributed by atoms with Crippen LogP contribution in [0.4, 0.5) is 0 Å². The second-order valence-electron chi connectivity index (χ2n) is 3.37. The molecule has 2 heteroatoms. The molecule has 70 valence electrons.